The van der Waals surface area contributed by atoms with Crippen molar-refractivity contribution in [1.82, 2.24) is 4.90 Å². The Balaban J connectivity index is 1.64. The molecule has 4 heterocycles. The second-order valence-corrected chi connectivity index (χ2v) is 12.4. The average molecular weight is 545 g/mol. The van der Waals surface area contributed by atoms with Gasteiger partial charge in [-0.15, -0.1) is 11.8 Å². The lowest BCUT2D eigenvalue weighted by Crippen LogP contribution is -2.57. The van der Waals surface area contributed by atoms with E-state index in [1.807, 2.05) is 32.1 Å². The van der Waals surface area contributed by atoms with Crippen molar-refractivity contribution < 1.29 is 24.2 Å². The van der Waals surface area contributed by atoms with Crippen molar-refractivity contribution in [2.24, 2.45) is 17.8 Å². The zero-order valence-electron chi connectivity index (χ0n) is 21.1. The summed E-state index contributed by atoms with van der Waals surface area (Å²) in [6.45, 7) is 4.24. The Morgan fingerprint density at radius 3 is 2.59 bits per heavy atom. The van der Waals surface area contributed by atoms with E-state index in [0.29, 0.717) is 23.9 Å². The number of allylic oxidation sites excluding steroid dienone is 1. The molecule has 4 aliphatic heterocycles. The second kappa shape index (κ2) is 10.5. The first-order chi connectivity index (χ1) is 17.8. The Kier molecular flexibility index (Phi) is 7.44. The lowest BCUT2D eigenvalue weighted by Gasteiger charge is -2.39. The van der Waals surface area contributed by atoms with Gasteiger partial charge in [0.05, 0.1) is 35.8 Å². The molecule has 37 heavy (non-hydrogen) atoms. The number of carbonyl (C=O) groups excluding carboxylic acids is 3. The van der Waals surface area contributed by atoms with Gasteiger partial charge < -0.3 is 19.6 Å². The molecule has 7 nitrogen and oxygen atoms in total. The van der Waals surface area contributed by atoms with Crippen molar-refractivity contribution in [3.8, 4) is 0 Å². The number of carbonyl (C=O) groups is 3. The van der Waals surface area contributed by atoms with E-state index < -0.39 is 28.7 Å². The number of cyclic esters (lactones) is 1. The van der Waals surface area contributed by atoms with Gasteiger partial charge in [0.25, 0.3) is 5.91 Å². The monoisotopic (exact) mass is 544 g/mol. The molecule has 2 amide bonds. The van der Waals surface area contributed by atoms with Crippen LogP contribution in [-0.2, 0) is 19.1 Å². The van der Waals surface area contributed by atoms with Gasteiger partial charge in [-0.1, -0.05) is 49.8 Å². The predicted molar refractivity (Wildman–Crippen MR) is 144 cm³/mol. The number of fused-ring (bicyclic) bond motifs is 2. The fourth-order valence-electron chi connectivity index (χ4n) is 6.19. The lowest BCUT2D eigenvalue weighted by molar-refractivity contribution is -0.153. The van der Waals surface area contributed by atoms with E-state index >= 15 is 0 Å². The van der Waals surface area contributed by atoms with Gasteiger partial charge in [0.2, 0.25) is 5.91 Å². The summed E-state index contributed by atoms with van der Waals surface area (Å²) in [5.41, 5.74) is 0.679. The Labute approximate surface area is 226 Å². The summed E-state index contributed by atoms with van der Waals surface area (Å²) in [6, 6.07) is 5.62. The average Bonchev–Trinajstić information content (AvgIpc) is 3.25. The standard InChI is InChI=1S/C28H33ClN2O5S/c1-17(2)20(16-32)31-24-26(34)30(19-11-9-18(29)10-12-19)14-7-13-28(24)23(25(31)33)22-21(37-28)8-5-3-4-6-15-36-27(22)35/h5,7-13,17,20-24,32H,3-4,6,14-16H2,1-2H3/b8-5-/t20-,21+,22-,23-,24?,28-/m0/s1. The zero-order valence-corrected chi connectivity index (χ0v) is 22.7. The number of rotatable bonds is 4. The number of halogens is 1. The number of aliphatic hydroxyl groups is 1. The number of anilines is 1. The number of likely N-dealkylation sites (tertiary alicyclic amines) is 1. The number of nitrogens with zero attached hydrogens (tertiary/aromatic N) is 2. The van der Waals surface area contributed by atoms with Crippen molar-refractivity contribution in [1.29, 1.82) is 0 Å². The zero-order chi connectivity index (χ0) is 26.3. The molecular formula is C28H33ClN2O5S. The topological polar surface area (TPSA) is 87.2 Å². The van der Waals surface area contributed by atoms with Crippen molar-refractivity contribution in [2.45, 2.75) is 55.2 Å². The summed E-state index contributed by atoms with van der Waals surface area (Å²) in [5, 5.41) is 10.7. The highest BCUT2D eigenvalue weighted by Crippen LogP contribution is 2.61. The normalized spacial score (nSPS) is 33.5. The molecule has 0 bridgehead atoms. The third-order valence-electron chi connectivity index (χ3n) is 7.99. The van der Waals surface area contributed by atoms with E-state index in [-0.39, 0.29) is 35.6 Å². The minimum Gasteiger partial charge on any atom is -0.465 e. The van der Waals surface area contributed by atoms with Crippen LogP contribution in [-0.4, -0.2) is 69.6 Å². The SMILES string of the molecule is CC(C)[C@H](CO)N1C(=O)[C@@H]2[C@H]3C(=O)OCCCC/C=C\[C@H]3S[C@@]23C=CCN(c2ccc(Cl)cc2)C(=O)C13. The summed E-state index contributed by atoms with van der Waals surface area (Å²) in [6.07, 6.45) is 10.6. The molecule has 0 aromatic heterocycles. The minimum absolute atomic E-state index is 0.0921. The molecular weight excluding hydrogens is 512 g/mol. The Morgan fingerprint density at radius 2 is 1.89 bits per heavy atom. The van der Waals surface area contributed by atoms with Crippen LogP contribution in [0.1, 0.15) is 33.1 Å². The summed E-state index contributed by atoms with van der Waals surface area (Å²) < 4.78 is 4.70. The minimum atomic E-state index is -0.954. The summed E-state index contributed by atoms with van der Waals surface area (Å²) in [4.78, 5) is 45.4. The van der Waals surface area contributed by atoms with Crippen LogP contribution in [0.4, 0.5) is 5.69 Å². The van der Waals surface area contributed by atoms with Crippen LogP contribution in [0, 0.1) is 17.8 Å². The van der Waals surface area contributed by atoms with Gasteiger partial charge in [-0.25, -0.2) is 0 Å². The lowest BCUT2D eigenvalue weighted by atomic mass is 9.78. The van der Waals surface area contributed by atoms with Crippen LogP contribution in [0.25, 0.3) is 0 Å². The molecule has 4 aliphatic rings. The molecule has 0 aliphatic carbocycles. The maximum atomic E-state index is 14.4. The molecule has 0 radical (unpaired) electrons. The highest BCUT2D eigenvalue weighted by Gasteiger charge is 2.71. The molecule has 1 aromatic rings. The highest BCUT2D eigenvalue weighted by atomic mass is 35.5. The van der Waals surface area contributed by atoms with Gasteiger partial charge in [0.1, 0.15) is 6.04 Å². The van der Waals surface area contributed by atoms with Crippen molar-refractivity contribution in [3.63, 3.8) is 0 Å². The quantitative estimate of drug-likeness (QED) is 0.458. The smallest absolute Gasteiger partial charge is 0.311 e. The van der Waals surface area contributed by atoms with Crippen LogP contribution in [0.2, 0.25) is 5.02 Å². The molecule has 198 valence electrons. The number of hydrogen-bond acceptors (Lipinski definition) is 6. The maximum Gasteiger partial charge on any atom is 0.311 e. The van der Waals surface area contributed by atoms with Gasteiger partial charge in [-0.05, 0) is 49.4 Å². The molecule has 1 spiro atoms. The number of benzene rings is 1. The van der Waals surface area contributed by atoms with Crippen molar-refractivity contribution in [3.05, 3.63) is 53.6 Å². The van der Waals surface area contributed by atoms with E-state index in [4.69, 9.17) is 16.3 Å². The molecule has 9 heteroatoms. The molecule has 1 unspecified atom stereocenters. The predicted octanol–water partition coefficient (Wildman–Crippen LogP) is 3.84. The number of hydrogen-bond donors (Lipinski definition) is 1. The third kappa shape index (κ3) is 4.41. The van der Waals surface area contributed by atoms with Crippen LogP contribution in [0.5, 0.6) is 0 Å². The molecule has 1 aromatic carbocycles. The maximum absolute atomic E-state index is 14.4. The molecule has 2 fully saturated rings. The number of esters is 1. The third-order valence-corrected chi connectivity index (χ3v) is 9.99. The van der Waals surface area contributed by atoms with Gasteiger partial charge in [0.15, 0.2) is 0 Å². The van der Waals surface area contributed by atoms with E-state index in [9.17, 15) is 19.5 Å². The van der Waals surface area contributed by atoms with Gasteiger partial charge >= 0.3 is 5.97 Å². The number of aliphatic hydroxyl groups excluding tert-OH is 1. The fourth-order valence-corrected chi connectivity index (χ4v) is 8.30. The second-order valence-electron chi connectivity index (χ2n) is 10.5. The first-order valence-corrected chi connectivity index (χ1v) is 14.2. The van der Waals surface area contributed by atoms with Gasteiger partial charge in [0, 0.05) is 22.5 Å². The van der Waals surface area contributed by atoms with E-state index in [1.54, 1.807) is 34.1 Å². The first-order valence-electron chi connectivity index (χ1n) is 13.0. The van der Waals surface area contributed by atoms with Gasteiger partial charge in [-0.3, -0.25) is 14.4 Å². The van der Waals surface area contributed by atoms with Crippen LogP contribution in [0.3, 0.4) is 0 Å². The van der Waals surface area contributed by atoms with E-state index in [1.165, 1.54) is 11.8 Å². The van der Waals surface area contributed by atoms with Crippen LogP contribution in [0.15, 0.2) is 48.6 Å². The summed E-state index contributed by atoms with van der Waals surface area (Å²) in [5.74, 6) is -2.44. The van der Waals surface area contributed by atoms with Crippen LogP contribution >= 0.6 is 23.4 Å². The largest absolute Gasteiger partial charge is 0.465 e. The van der Waals surface area contributed by atoms with Crippen molar-refractivity contribution in [2.75, 3.05) is 24.7 Å². The Bertz CT molecular complexity index is 1120. The molecule has 1 N–H and O–H groups in total. The Hall–Kier alpha value is -2.29. The van der Waals surface area contributed by atoms with Crippen LogP contribution < -0.4 is 4.90 Å². The molecule has 6 atom stereocenters. The highest BCUT2D eigenvalue weighted by molar-refractivity contribution is 8.02. The summed E-state index contributed by atoms with van der Waals surface area (Å²) >= 11 is 7.62. The first kappa shape index (κ1) is 26.3. The van der Waals surface area contributed by atoms with Gasteiger partial charge in [-0.2, -0.15) is 0 Å². The van der Waals surface area contributed by atoms with Crippen molar-refractivity contribution >= 4 is 46.8 Å². The molecule has 5 rings (SSSR count). The fraction of sp³-hybridized carbons (Fsp3) is 0.536. The number of thioether (sulfide) groups is 1. The summed E-state index contributed by atoms with van der Waals surface area (Å²) in [7, 11) is 0. The Morgan fingerprint density at radius 1 is 1.14 bits per heavy atom. The van der Waals surface area contributed by atoms with E-state index in [0.717, 1.165) is 19.3 Å². The molecule has 2 saturated heterocycles. The van der Waals surface area contributed by atoms with E-state index in [2.05, 4.69) is 6.08 Å². The number of amides is 2. The molecule has 0 saturated carbocycles. The number of ether oxygens (including phenoxy) is 1.